The summed E-state index contributed by atoms with van der Waals surface area (Å²) in [7, 11) is 0. The number of rotatable bonds is 0. The van der Waals surface area contributed by atoms with Gasteiger partial charge in [0.15, 0.2) is 0 Å². The zero-order valence-electron chi connectivity index (χ0n) is 3.39. The van der Waals surface area contributed by atoms with Crippen LogP contribution in [0.2, 0.25) is 0 Å². The predicted molar refractivity (Wildman–Crippen MR) is 23.2 cm³/mol. The summed E-state index contributed by atoms with van der Waals surface area (Å²) in [5, 5.41) is 1.32. The van der Waals surface area contributed by atoms with Gasteiger partial charge in [-0.2, -0.15) is 5.84 Å². The third-order valence-corrected chi connectivity index (χ3v) is 0.691. The average Bonchev–Trinajstić information content (AvgIpc) is 1.86. The summed E-state index contributed by atoms with van der Waals surface area (Å²) in [6.45, 7) is 1.56. The molecule has 1 aliphatic heterocycles. The fraction of sp³-hybridized carbons (Fsp3) is 0.667. The molecular weight excluding hydrogens is 78.1 g/mol. The van der Waals surface area contributed by atoms with Crippen molar-refractivity contribution >= 4 is 6.34 Å². The highest BCUT2D eigenvalue weighted by atomic mass is 15.4. The molecule has 0 aromatic heterocycles. The number of nitrogens with one attached hydrogen (secondary N) is 1. The highest BCUT2D eigenvalue weighted by Crippen LogP contribution is 1.83. The summed E-state index contributed by atoms with van der Waals surface area (Å²) < 4.78 is 0. The fourth-order valence-electron chi connectivity index (χ4n) is 0.379. The van der Waals surface area contributed by atoms with Crippen LogP contribution in [-0.2, 0) is 0 Å². The van der Waals surface area contributed by atoms with Crippen LogP contribution in [-0.4, -0.2) is 24.4 Å². The van der Waals surface area contributed by atoms with Crippen LogP contribution in [0.5, 0.6) is 0 Å². The molecule has 3 heteroatoms. The molecular formula is C3H6N3. The van der Waals surface area contributed by atoms with Gasteiger partial charge in [0, 0.05) is 0 Å². The number of hydrogen-bond donors (Lipinski definition) is 0. The lowest BCUT2D eigenvalue weighted by atomic mass is 10.7. The van der Waals surface area contributed by atoms with Gasteiger partial charge in [0.2, 0.25) is 0 Å². The molecule has 3 nitrogen and oxygen atoms in total. The van der Waals surface area contributed by atoms with Crippen molar-refractivity contribution in [3.63, 3.8) is 0 Å². The van der Waals surface area contributed by atoms with Gasteiger partial charge < -0.3 is 0 Å². The molecule has 33 valence electrons. The molecule has 0 aromatic carbocycles. The lowest BCUT2D eigenvalue weighted by Gasteiger charge is -1.97. The second-order valence-electron chi connectivity index (χ2n) is 1.22. The standard InChI is InChI=1S/C3H6N3/c4-6-2-1-5-3-6/h3-4H,1-2H2. The zero-order valence-corrected chi connectivity index (χ0v) is 3.39. The molecule has 0 spiro atoms. The Labute approximate surface area is 36.4 Å². The molecule has 0 amide bonds. The number of aliphatic imine (C=N–C) groups is 1. The van der Waals surface area contributed by atoms with E-state index in [0.717, 1.165) is 13.1 Å². The minimum Gasteiger partial charge on any atom is -0.282 e. The van der Waals surface area contributed by atoms with Crippen LogP contribution >= 0.6 is 0 Å². The quantitative estimate of drug-likeness (QED) is 0.391. The summed E-state index contributed by atoms with van der Waals surface area (Å²) in [5.74, 6) is 6.82. The fourth-order valence-corrected chi connectivity index (χ4v) is 0.379. The molecule has 0 bridgehead atoms. The maximum atomic E-state index is 6.82. The van der Waals surface area contributed by atoms with E-state index >= 15 is 0 Å². The van der Waals surface area contributed by atoms with Crippen LogP contribution < -0.4 is 5.84 Å². The van der Waals surface area contributed by atoms with Gasteiger partial charge in [0.1, 0.15) is 6.34 Å². The smallest absolute Gasteiger partial charge is 0.101 e. The minimum absolute atomic E-state index is 0.764. The molecule has 0 unspecified atom stereocenters. The molecule has 1 rings (SSSR count). The Morgan fingerprint density at radius 2 is 2.67 bits per heavy atom. The van der Waals surface area contributed by atoms with Gasteiger partial charge in [0.25, 0.3) is 0 Å². The molecule has 1 N–H and O–H groups in total. The molecule has 1 heterocycles. The molecule has 1 aliphatic rings. The monoisotopic (exact) mass is 84.1 g/mol. The van der Waals surface area contributed by atoms with Gasteiger partial charge >= 0.3 is 0 Å². The SMILES string of the molecule is [NH]N1C=NCC1. The molecule has 0 saturated carbocycles. The average molecular weight is 84.1 g/mol. The van der Waals surface area contributed by atoms with E-state index in [0.29, 0.717) is 0 Å². The highest BCUT2D eigenvalue weighted by molar-refractivity contribution is 5.55. The van der Waals surface area contributed by atoms with Crippen molar-refractivity contribution in [3.05, 3.63) is 0 Å². The number of hydrogen-bond acceptors (Lipinski definition) is 2. The molecule has 0 saturated heterocycles. The Bertz CT molecular complexity index is 68.4. The van der Waals surface area contributed by atoms with Crippen LogP contribution in [0.25, 0.3) is 0 Å². The van der Waals surface area contributed by atoms with Crippen molar-refractivity contribution in [2.24, 2.45) is 4.99 Å². The normalized spacial score (nSPS) is 19.8. The molecule has 0 fully saturated rings. The van der Waals surface area contributed by atoms with Crippen molar-refractivity contribution in [1.82, 2.24) is 10.9 Å². The first-order valence-electron chi connectivity index (χ1n) is 1.87. The van der Waals surface area contributed by atoms with Gasteiger partial charge in [-0.3, -0.25) is 10.0 Å². The van der Waals surface area contributed by atoms with Gasteiger partial charge in [-0.15, -0.1) is 0 Å². The summed E-state index contributed by atoms with van der Waals surface area (Å²) in [6, 6.07) is 0. The predicted octanol–water partition coefficient (Wildman–Crippen LogP) is -0.472. The van der Waals surface area contributed by atoms with Crippen LogP contribution in [0.1, 0.15) is 0 Å². The van der Waals surface area contributed by atoms with Gasteiger partial charge in [-0.05, 0) is 0 Å². The topological polar surface area (TPSA) is 39.4 Å². The lowest BCUT2D eigenvalue weighted by Crippen LogP contribution is -2.15. The molecule has 1 radical (unpaired) electrons. The Morgan fingerprint density at radius 1 is 1.83 bits per heavy atom. The van der Waals surface area contributed by atoms with Crippen molar-refractivity contribution in [2.75, 3.05) is 13.1 Å². The third kappa shape index (κ3) is 0.490. The third-order valence-electron chi connectivity index (χ3n) is 0.691. The van der Waals surface area contributed by atoms with E-state index in [1.54, 1.807) is 0 Å². The highest BCUT2D eigenvalue weighted by Gasteiger charge is 1.95. The van der Waals surface area contributed by atoms with Crippen LogP contribution in [0.4, 0.5) is 0 Å². The van der Waals surface area contributed by atoms with Gasteiger partial charge in [-0.1, -0.05) is 0 Å². The minimum atomic E-state index is 0.764. The van der Waals surface area contributed by atoms with E-state index in [1.165, 1.54) is 11.3 Å². The van der Waals surface area contributed by atoms with E-state index in [1.807, 2.05) is 0 Å². The Hall–Kier alpha value is -0.570. The Morgan fingerprint density at radius 3 is 2.83 bits per heavy atom. The largest absolute Gasteiger partial charge is 0.282 e. The molecule has 6 heavy (non-hydrogen) atoms. The van der Waals surface area contributed by atoms with E-state index < -0.39 is 0 Å². The lowest BCUT2D eigenvalue weighted by molar-refractivity contribution is 0.471. The van der Waals surface area contributed by atoms with Crippen molar-refractivity contribution < 1.29 is 0 Å². The summed E-state index contributed by atoms with van der Waals surface area (Å²) in [6.07, 6.45) is 1.53. The van der Waals surface area contributed by atoms with E-state index in [-0.39, 0.29) is 0 Å². The Kier molecular flexibility index (Phi) is 0.759. The van der Waals surface area contributed by atoms with Crippen LogP contribution in [0, 0.1) is 0 Å². The number of nitrogens with zero attached hydrogens (tertiary/aromatic N) is 2. The van der Waals surface area contributed by atoms with Gasteiger partial charge in [-0.25, -0.2) is 0 Å². The summed E-state index contributed by atoms with van der Waals surface area (Å²) >= 11 is 0. The first-order valence-corrected chi connectivity index (χ1v) is 1.87. The van der Waals surface area contributed by atoms with E-state index in [4.69, 9.17) is 5.84 Å². The maximum absolute atomic E-state index is 6.82. The second kappa shape index (κ2) is 1.26. The maximum Gasteiger partial charge on any atom is 0.101 e. The molecule has 0 atom stereocenters. The second-order valence-corrected chi connectivity index (χ2v) is 1.22. The summed E-state index contributed by atoms with van der Waals surface area (Å²) in [5.41, 5.74) is 0. The van der Waals surface area contributed by atoms with E-state index in [2.05, 4.69) is 4.99 Å². The first kappa shape index (κ1) is 3.61. The molecule has 0 aliphatic carbocycles. The van der Waals surface area contributed by atoms with E-state index in [9.17, 15) is 0 Å². The van der Waals surface area contributed by atoms with Gasteiger partial charge in [0.05, 0.1) is 13.1 Å². The van der Waals surface area contributed by atoms with Crippen LogP contribution in [0.3, 0.4) is 0 Å². The molecule has 0 aromatic rings. The van der Waals surface area contributed by atoms with Crippen molar-refractivity contribution in [3.8, 4) is 0 Å². The van der Waals surface area contributed by atoms with Crippen LogP contribution in [0.15, 0.2) is 4.99 Å². The van der Waals surface area contributed by atoms with Crippen molar-refractivity contribution in [1.29, 1.82) is 0 Å². The van der Waals surface area contributed by atoms with Crippen molar-refractivity contribution in [2.45, 2.75) is 0 Å². The first-order chi connectivity index (χ1) is 2.89. The summed E-state index contributed by atoms with van der Waals surface area (Å²) in [4.78, 5) is 3.78. The Balaban J connectivity index is 2.38. The zero-order chi connectivity index (χ0) is 4.41.